The molecule has 37 heavy (non-hydrogen) atoms. The first-order valence-electron chi connectivity index (χ1n) is 11.4. The van der Waals surface area contributed by atoms with Gasteiger partial charge in [-0.05, 0) is 67.7 Å². The van der Waals surface area contributed by atoms with Crippen LogP contribution < -0.4 is 21.3 Å². The average Bonchev–Trinajstić information content (AvgIpc) is 3.45. The summed E-state index contributed by atoms with van der Waals surface area (Å²) in [4.78, 5) is 41.7. The van der Waals surface area contributed by atoms with Crippen LogP contribution in [-0.2, 0) is 4.79 Å². The Morgan fingerprint density at radius 3 is 2.27 bits per heavy atom. The zero-order chi connectivity index (χ0) is 26.0. The van der Waals surface area contributed by atoms with E-state index in [9.17, 15) is 14.4 Å². The van der Waals surface area contributed by atoms with E-state index in [2.05, 4.69) is 36.4 Å². The first-order chi connectivity index (χ1) is 18.0. The molecular weight excluding hydrogens is 470 g/mol. The quantitative estimate of drug-likeness (QED) is 0.224. The van der Waals surface area contributed by atoms with E-state index in [1.165, 1.54) is 6.08 Å². The molecular formula is C27H25N7O3. The Kier molecular flexibility index (Phi) is 8.15. The molecule has 3 amide bonds. The third-order valence-electron chi connectivity index (χ3n) is 5.14. The fraction of sp³-hybridized carbons (Fsp3) is 0.0741. The van der Waals surface area contributed by atoms with Gasteiger partial charge in [0.25, 0.3) is 11.8 Å². The summed E-state index contributed by atoms with van der Waals surface area (Å²) in [5.41, 5.74) is 3.57. The van der Waals surface area contributed by atoms with Crippen molar-refractivity contribution >= 4 is 34.8 Å². The van der Waals surface area contributed by atoms with Crippen molar-refractivity contribution in [2.75, 3.05) is 29.5 Å². The number of carbonyl (C=O) groups is 3. The minimum atomic E-state index is -0.363. The fourth-order valence-electron chi connectivity index (χ4n) is 3.35. The topological polar surface area (TPSA) is 141 Å². The number of rotatable bonds is 9. The van der Waals surface area contributed by atoms with Crippen molar-refractivity contribution in [2.45, 2.75) is 0 Å². The van der Waals surface area contributed by atoms with Crippen molar-refractivity contribution in [3.8, 4) is 11.4 Å². The third-order valence-corrected chi connectivity index (χ3v) is 5.14. The Morgan fingerprint density at radius 1 is 0.838 bits per heavy atom. The standard InChI is InChI=1S/C27H25N7O3/c1-28-15-4-9-25(35)30-21-6-2-5-18(17-21)26(36)31-19-10-12-20(13-11-19)32-27(37)24-8-3-7-22(33-24)23-14-16-29-34-23/h2-14,16-17,28H,15H2,1H3,(H,29,34)(H,30,35)(H,31,36)(H,32,37)/b9-4+. The summed E-state index contributed by atoms with van der Waals surface area (Å²) in [6, 6.07) is 20.3. The van der Waals surface area contributed by atoms with Crippen molar-refractivity contribution in [3.05, 3.63) is 102 Å². The van der Waals surface area contributed by atoms with Crippen molar-refractivity contribution in [2.24, 2.45) is 0 Å². The summed E-state index contributed by atoms with van der Waals surface area (Å²) in [7, 11) is 1.79. The number of carbonyl (C=O) groups excluding carboxylic acids is 3. The van der Waals surface area contributed by atoms with Gasteiger partial charge in [-0.1, -0.05) is 18.2 Å². The molecule has 5 N–H and O–H groups in total. The first-order valence-corrected chi connectivity index (χ1v) is 11.4. The second kappa shape index (κ2) is 12.0. The summed E-state index contributed by atoms with van der Waals surface area (Å²) in [5.74, 6) is -0.982. The van der Waals surface area contributed by atoms with E-state index >= 15 is 0 Å². The number of anilines is 3. The molecule has 0 radical (unpaired) electrons. The molecule has 10 nitrogen and oxygen atoms in total. The fourth-order valence-corrected chi connectivity index (χ4v) is 3.35. The van der Waals surface area contributed by atoms with Gasteiger partial charge in [-0.2, -0.15) is 5.10 Å². The summed E-state index contributed by atoms with van der Waals surface area (Å²) >= 11 is 0. The van der Waals surface area contributed by atoms with Gasteiger partial charge in [-0.15, -0.1) is 0 Å². The Labute approximate surface area is 213 Å². The molecule has 0 saturated heterocycles. The minimum Gasteiger partial charge on any atom is -0.322 e. The zero-order valence-electron chi connectivity index (χ0n) is 20.0. The summed E-state index contributed by atoms with van der Waals surface area (Å²) < 4.78 is 0. The van der Waals surface area contributed by atoms with E-state index in [4.69, 9.17) is 0 Å². The van der Waals surface area contributed by atoms with Crippen LogP contribution in [0.4, 0.5) is 17.1 Å². The van der Waals surface area contributed by atoms with Gasteiger partial charge in [-0.3, -0.25) is 19.5 Å². The van der Waals surface area contributed by atoms with Crippen LogP contribution in [0, 0.1) is 0 Å². The second-order valence-electron chi connectivity index (χ2n) is 7.89. The number of benzene rings is 2. The highest BCUT2D eigenvalue weighted by molar-refractivity contribution is 6.06. The molecule has 2 heterocycles. The molecule has 0 aliphatic rings. The Balaban J connectivity index is 1.35. The van der Waals surface area contributed by atoms with Crippen LogP contribution in [0.25, 0.3) is 11.4 Å². The lowest BCUT2D eigenvalue weighted by Crippen LogP contribution is -2.15. The van der Waals surface area contributed by atoms with Gasteiger partial charge in [0.2, 0.25) is 5.91 Å². The smallest absolute Gasteiger partial charge is 0.274 e. The molecule has 0 fully saturated rings. The van der Waals surface area contributed by atoms with Gasteiger partial charge in [0.1, 0.15) is 5.69 Å². The van der Waals surface area contributed by atoms with Crippen molar-refractivity contribution < 1.29 is 14.4 Å². The van der Waals surface area contributed by atoms with Gasteiger partial charge in [0, 0.05) is 41.4 Å². The highest BCUT2D eigenvalue weighted by Gasteiger charge is 2.11. The van der Waals surface area contributed by atoms with Crippen LogP contribution >= 0.6 is 0 Å². The van der Waals surface area contributed by atoms with Crippen molar-refractivity contribution in [1.82, 2.24) is 20.5 Å². The van der Waals surface area contributed by atoms with E-state index in [1.54, 1.807) is 92.1 Å². The maximum absolute atomic E-state index is 12.7. The van der Waals surface area contributed by atoms with Gasteiger partial charge in [0.15, 0.2) is 0 Å². The number of likely N-dealkylation sites (N-methyl/N-ethyl adjacent to an activating group) is 1. The predicted molar refractivity (Wildman–Crippen MR) is 142 cm³/mol. The SMILES string of the molecule is CNC/C=C/C(=O)Nc1cccc(C(=O)Nc2ccc(NC(=O)c3cccc(-c4ccn[nH]4)n3)cc2)c1. The second-order valence-corrected chi connectivity index (χ2v) is 7.89. The largest absolute Gasteiger partial charge is 0.322 e. The van der Waals surface area contributed by atoms with Crippen LogP contribution in [0.3, 0.4) is 0 Å². The number of H-pyrrole nitrogens is 1. The maximum Gasteiger partial charge on any atom is 0.274 e. The number of hydrogen-bond donors (Lipinski definition) is 5. The summed E-state index contributed by atoms with van der Waals surface area (Å²) in [6.07, 6.45) is 4.74. The van der Waals surface area contributed by atoms with Crippen LogP contribution in [0.15, 0.2) is 91.1 Å². The van der Waals surface area contributed by atoms with E-state index in [0.29, 0.717) is 40.6 Å². The normalized spacial score (nSPS) is 10.7. The monoisotopic (exact) mass is 495 g/mol. The molecule has 4 aromatic rings. The third kappa shape index (κ3) is 6.96. The molecule has 2 aromatic heterocycles. The summed E-state index contributed by atoms with van der Waals surface area (Å²) in [6.45, 7) is 0.578. The van der Waals surface area contributed by atoms with Gasteiger partial charge >= 0.3 is 0 Å². The maximum atomic E-state index is 12.7. The van der Waals surface area contributed by atoms with Crippen LogP contribution in [0.5, 0.6) is 0 Å². The Bertz CT molecular complexity index is 1410. The lowest BCUT2D eigenvalue weighted by molar-refractivity contribution is -0.111. The predicted octanol–water partition coefficient (Wildman–Crippen LogP) is 3.69. The highest BCUT2D eigenvalue weighted by Crippen LogP contribution is 2.18. The van der Waals surface area contributed by atoms with Gasteiger partial charge in [0.05, 0.1) is 11.4 Å². The van der Waals surface area contributed by atoms with Crippen LogP contribution in [0.2, 0.25) is 0 Å². The number of aromatic nitrogens is 3. The molecule has 2 aromatic carbocycles. The average molecular weight is 496 g/mol. The molecule has 0 atom stereocenters. The number of pyridine rings is 1. The molecule has 4 rings (SSSR count). The Hall–Kier alpha value is -5.09. The molecule has 0 aliphatic heterocycles. The van der Waals surface area contributed by atoms with Crippen molar-refractivity contribution in [1.29, 1.82) is 0 Å². The lowest BCUT2D eigenvalue weighted by atomic mass is 10.1. The van der Waals surface area contributed by atoms with E-state index in [0.717, 1.165) is 0 Å². The molecule has 186 valence electrons. The van der Waals surface area contributed by atoms with Crippen molar-refractivity contribution in [3.63, 3.8) is 0 Å². The number of hydrogen-bond acceptors (Lipinski definition) is 6. The molecule has 0 unspecified atom stereocenters. The van der Waals surface area contributed by atoms with E-state index in [-0.39, 0.29) is 23.4 Å². The number of aromatic amines is 1. The highest BCUT2D eigenvalue weighted by atomic mass is 16.2. The van der Waals surface area contributed by atoms with E-state index in [1.807, 2.05) is 0 Å². The molecule has 0 saturated carbocycles. The number of nitrogens with one attached hydrogen (secondary N) is 5. The molecule has 0 spiro atoms. The molecule has 0 aliphatic carbocycles. The van der Waals surface area contributed by atoms with Crippen LogP contribution in [0.1, 0.15) is 20.8 Å². The van der Waals surface area contributed by atoms with Gasteiger partial charge < -0.3 is 21.3 Å². The summed E-state index contributed by atoms with van der Waals surface area (Å²) in [5, 5.41) is 18.0. The number of nitrogens with zero attached hydrogens (tertiary/aromatic N) is 2. The minimum absolute atomic E-state index is 0.258. The Morgan fingerprint density at radius 2 is 1.57 bits per heavy atom. The first kappa shape index (κ1) is 25.0. The molecule has 0 bridgehead atoms. The molecule has 10 heteroatoms. The van der Waals surface area contributed by atoms with Gasteiger partial charge in [-0.25, -0.2) is 4.98 Å². The van der Waals surface area contributed by atoms with Crippen LogP contribution in [-0.4, -0.2) is 46.5 Å². The lowest BCUT2D eigenvalue weighted by Gasteiger charge is -2.09. The number of amides is 3. The zero-order valence-corrected chi connectivity index (χ0v) is 20.0. The van der Waals surface area contributed by atoms with E-state index < -0.39 is 0 Å².